The summed E-state index contributed by atoms with van der Waals surface area (Å²) in [6.45, 7) is 2.80. The molecule has 28 heavy (non-hydrogen) atoms. The van der Waals surface area contributed by atoms with Crippen LogP contribution in [0.4, 0.5) is 17.5 Å². The molecule has 0 bridgehead atoms. The average Bonchev–Trinajstić information content (AvgIpc) is 2.75. The van der Waals surface area contributed by atoms with E-state index in [0.717, 1.165) is 33.9 Å². The van der Waals surface area contributed by atoms with Gasteiger partial charge >= 0.3 is 0 Å². The van der Waals surface area contributed by atoms with E-state index in [9.17, 15) is 4.79 Å². The molecule has 0 unspecified atom stereocenters. The van der Waals surface area contributed by atoms with Crippen LogP contribution in [-0.2, 0) is 0 Å². The molecule has 0 aliphatic carbocycles. The van der Waals surface area contributed by atoms with Crippen molar-refractivity contribution in [3.8, 4) is 0 Å². The maximum Gasteiger partial charge on any atom is 0.253 e. The predicted octanol–water partition coefficient (Wildman–Crippen LogP) is 3.18. The first-order valence-electron chi connectivity index (χ1n) is 9.00. The fourth-order valence-electron chi connectivity index (χ4n) is 3.04. The van der Waals surface area contributed by atoms with Gasteiger partial charge in [0, 0.05) is 41.5 Å². The zero-order valence-electron chi connectivity index (χ0n) is 15.1. The van der Waals surface area contributed by atoms with Gasteiger partial charge in [0.15, 0.2) is 11.6 Å². The SMILES string of the molecule is O=C(c1ccc(I)cc1)N1CCN(c2ccc(Nc3ccccn3)nn2)CC1. The van der Waals surface area contributed by atoms with Crippen molar-refractivity contribution in [2.24, 2.45) is 0 Å². The molecule has 1 aliphatic heterocycles. The van der Waals surface area contributed by atoms with E-state index >= 15 is 0 Å². The van der Waals surface area contributed by atoms with Gasteiger partial charge in [0.25, 0.3) is 5.91 Å². The van der Waals surface area contributed by atoms with Crippen molar-refractivity contribution in [2.45, 2.75) is 0 Å². The van der Waals surface area contributed by atoms with Crippen LogP contribution in [0.3, 0.4) is 0 Å². The van der Waals surface area contributed by atoms with Gasteiger partial charge in [-0.25, -0.2) is 4.98 Å². The number of amides is 1. The van der Waals surface area contributed by atoms with E-state index in [1.807, 2.05) is 59.5 Å². The minimum absolute atomic E-state index is 0.0806. The van der Waals surface area contributed by atoms with E-state index in [1.54, 1.807) is 6.20 Å². The average molecular weight is 486 g/mol. The Kier molecular flexibility index (Phi) is 5.65. The Bertz CT molecular complexity index is 925. The van der Waals surface area contributed by atoms with E-state index in [2.05, 4.69) is 48.0 Å². The molecule has 0 radical (unpaired) electrons. The summed E-state index contributed by atoms with van der Waals surface area (Å²) < 4.78 is 1.12. The summed E-state index contributed by atoms with van der Waals surface area (Å²) in [5.41, 5.74) is 0.735. The second-order valence-corrected chi connectivity index (χ2v) is 7.65. The van der Waals surface area contributed by atoms with Crippen LogP contribution in [0.1, 0.15) is 10.4 Å². The highest BCUT2D eigenvalue weighted by Crippen LogP contribution is 2.17. The number of benzene rings is 1. The van der Waals surface area contributed by atoms with Gasteiger partial charge in [0.1, 0.15) is 5.82 Å². The topological polar surface area (TPSA) is 74.2 Å². The van der Waals surface area contributed by atoms with Crippen LogP contribution in [0, 0.1) is 3.57 Å². The summed E-state index contributed by atoms with van der Waals surface area (Å²) in [6.07, 6.45) is 1.72. The second kappa shape index (κ2) is 8.51. The second-order valence-electron chi connectivity index (χ2n) is 6.40. The smallest absolute Gasteiger partial charge is 0.253 e. The number of aromatic nitrogens is 3. The highest BCUT2D eigenvalue weighted by molar-refractivity contribution is 14.1. The predicted molar refractivity (Wildman–Crippen MR) is 117 cm³/mol. The number of piperazine rings is 1. The Balaban J connectivity index is 1.34. The van der Waals surface area contributed by atoms with E-state index in [4.69, 9.17) is 0 Å². The molecule has 1 amide bonds. The van der Waals surface area contributed by atoms with E-state index in [0.29, 0.717) is 18.9 Å². The van der Waals surface area contributed by atoms with E-state index in [1.165, 1.54) is 0 Å². The first kappa shape index (κ1) is 18.6. The number of anilines is 3. The van der Waals surface area contributed by atoms with Crippen molar-refractivity contribution in [1.29, 1.82) is 0 Å². The van der Waals surface area contributed by atoms with Gasteiger partial charge in [-0.1, -0.05) is 6.07 Å². The Labute approximate surface area is 176 Å². The van der Waals surface area contributed by atoms with Gasteiger partial charge in [0.2, 0.25) is 0 Å². The lowest BCUT2D eigenvalue weighted by Gasteiger charge is -2.35. The third-order valence-corrected chi connectivity index (χ3v) is 5.27. The third kappa shape index (κ3) is 4.38. The van der Waals surface area contributed by atoms with Crippen LogP contribution in [0.2, 0.25) is 0 Å². The minimum Gasteiger partial charge on any atom is -0.352 e. The molecule has 0 saturated carbocycles. The summed E-state index contributed by atoms with van der Waals surface area (Å²) in [6, 6.07) is 17.2. The van der Waals surface area contributed by atoms with Crippen molar-refractivity contribution >= 4 is 46.0 Å². The summed E-state index contributed by atoms with van der Waals surface area (Å²) >= 11 is 2.24. The molecule has 4 rings (SSSR count). The fraction of sp³-hybridized carbons (Fsp3) is 0.200. The monoisotopic (exact) mass is 486 g/mol. The molecule has 3 heterocycles. The zero-order valence-corrected chi connectivity index (χ0v) is 17.3. The van der Waals surface area contributed by atoms with Crippen LogP contribution in [0.25, 0.3) is 0 Å². The number of pyridine rings is 1. The molecule has 7 nitrogen and oxygen atoms in total. The summed E-state index contributed by atoms with van der Waals surface area (Å²) in [5, 5.41) is 11.7. The van der Waals surface area contributed by atoms with Crippen LogP contribution < -0.4 is 10.2 Å². The zero-order chi connectivity index (χ0) is 19.3. The van der Waals surface area contributed by atoms with Crippen LogP contribution in [-0.4, -0.2) is 52.2 Å². The number of carbonyl (C=O) groups excluding carboxylic acids is 1. The summed E-state index contributed by atoms with van der Waals surface area (Å²) in [5.74, 6) is 2.27. The van der Waals surface area contributed by atoms with E-state index < -0.39 is 0 Å². The van der Waals surface area contributed by atoms with Gasteiger partial charge in [-0.3, -0.25) is 4.79 Å². The van der Waals surface area contributed by atoms with Crippen molar-refractivity contribution in [2.75, 3.05) is 36.4 Å². The number of rotatable bonds is 4. The Morgan fingerprint density at radius 2 is 1.68 bits per heavy atom. The minimum atomic E-state index is 0.0806. The first-order chi connectivity index (χ1) is 13.7. The molecule has 1 aromatic carbocycles. The number of nitrogens with zero attached hydrogens (tertiary/aromatic N) is 5. The lowest BCUT2D eigenvalue weighted by Crippen LogP contribution is -2.49. The van der Waals surface area contributed by atoms with Gasteiger partial charge in [-0.05, 0) is 71.1 Å². The maximum atomic E-state index is 12.6. The fourth-order valence-corrected chi connectivity index (χ4v) is 3.40. The van der Waals surface area contributed by atoms with Gasteiger partial charge in [-0.2, -0.15) is 0 Å². The van der Waals surface area contributed by atoms with Crippen LogP contribution in [0.5, 0.6) is 0 Å². The highest BCUT2D eigenvalue weighted by atomic mass is 127. The van der Waals surface area contributed by atoms with Crippen LogP contribution >= 0.6 is 22.6 Å². The Morgan fingerprint density at radius 1 is 0.893 bits per heavy atom. The number of halogens is 1. The number of nitrogens with one attached hydrogen (secondary N) is 1. The maximum absolute atomic E-state index is 12.6. The van der Waals surface area contributed by atoms with Gasteiger partial charge < -0.3 is 15.1 Å². The molecule has 1 N–H and O–H groups in total. The number of hydrogen-bond donors (Lipinski definition) is 1. The molecule has 1 saturated heterocycles. The molecule has 3 aromatic rings. The van der Waals surface area contributed by atoms with E-state index in [-0.39, 0.29) is 5.91 Å². The first-order valence-corrected chi connectivity index (χ1v) is 10.1. The van der Waals surface area contributed by atoms with Gasteiger partial charge in [-0.15, -0.1) is 10.2 Å². The highest BCUT2D eigenvalue weighted by Gasteiger charge is 2.23. The molecule has 1 fully saturated rings. The lowest BCUT2D eigenvalue weighted by molar-refractivity contribution is 0.0746. The lowest BCUT2D eigenvalue weighted by atomic mass is 10.2. The largest absolute Gasteiger partial charge is 0.352 e. The standard InChI is InChI=1S/C20H19IN6O/c21-16-6-4-15(5-7-16)20(28)27-13-11-26(12-14-27)19-9-8-18(24-25-19)23-17-3-1-2-10-22-17/h1-10H,11-14H2,(H,22,23,24). The Hall–Kier alpha value is -2.75. The van der Waals surface area contributed by atoms with Crippen LogP contribution in [0.15, 0.2) is 60.8 Å². The summed E-state index contributed by atoms with van der Waals surface area (Å²) in [7, 11) is 0. The van der Waals surface area contributed by atoms with Crippen molar-refractivity contribution in [3.63, 3.8) is 0 Å². The number of carbonyl (C=O) groups is 1. The molecular formula is C20H19IN6O. The molecule has 0 atom stereocenters. The molecular weight excluding hydrogens is 467 g/mol. The quantitative estimate of drug-likeness (QED) is 0.572. The Morgan fingerprint density at radius 3 is 2.32 bits per heavy atom. The van der Waals surface area contributed by atoms with Gasteiger partial charge in [0.05, 0.1) is 0 Å². The van der Waals surface area contributed by atoms with Crippen molar-refractivity contribution in [3.05, 3.63) is 69.9 Å². The molecule has 1 aliphatic rings. The van der Waals surface area contributed by atoms with Crippen molar-refractivity contribution < 1.29 is 4.79 Å². The molecule has 142 valence electrons. The third-order valence-electron chi connectivity index (χ3n) is 4.55. The molecule has 2 aromatic heterocycles. The number of hydrogen-bond acceptors (Lipinski definition) is 6. The molecule has 8 heteroatoms. The summed E-state index contributed by atoms with van der Waals surface area (Å²) in [4.78, 5) is 20.9. The van der Waals surface area contributed by atoms with Crippen molar-refractivity contribution in [1.82, 2.24) is 20.1 Å². The normalized spacial score (nSPS) is 14.0. The molecule has 0 spiro atoms.